The van der Waals surface area contributed by atoms with Gasteiger partial charge in [0.05, 0.1) is 10.7 Å². The number of carbonyl (C=O) groups is 2. The molecule has 160 valence electrons. The number of nitrogens with one attached hydrogen (secondary N) is 2. The summed E-state index contributed by atoms with van der Waals surface area (Å²) >= 11 is 2.55. The van der Waals surface area contributed by atoms with E-state index >= 15 is 0 Å². The molecule has 10 heteroatoms. The normalized spacial score (nSPS) is 10.5. The van der Waals surface area contributed by atoms with Crippen LogP contribution in [0.2, 0.25) is 0 Å². The van der Waals surface area contributed by atoms with Crippen molar-refractivity contribution in [3.63, 3.8) is 0 Å². The number of amides is 2. The van der Waals surface area contributed by atoms with Crippen molar-refractivity contribution < 1.29 is 14.5 Å². The molecule has 0 aliphatic carbocycles. The van der Waals surface area contributed by atoms with Gasteiger partial charge in [-0.15, -0.1) is 0 Å². The third-order valence-corrected chi connectivity index (χ3v) is 6.44. The Bertz CT molecular complexity index is 1120. The number of aromatic nitrogens is 1. The molecule has 2 amide bonds. The fourth-order valence-electron chi connectivity index (χ4n) is 2.85. The van der Waals surface area contributed by atoms with Crippen molar-refractivity contribution in [3.8, 4) is 11.3 Å². The van der Waals surface area contributed by atoms with Crippen LogP contribution in [0.25, 0.3) is 11.3 Å². The summed E-state index contributed by atoms with van der Waals surface area (Å²) in [4.78, 5) is 40.0. The van der Waals surface area contributed by atoms with Crippen LogP contribution in [0.4, 0.5) is 10.7 Å². The first kappa shape index (κ1) is 22.4. The third-order valence-electron chi connectivity index (χ3n) is 4.33. The Morgan fingerprint density at radius 1 is 1.16 bits per heavy atom. The largest absolute Gasteiger partial charge is 0.356 e. The maximum atomic E-state index is 12.9. The zero-order valence-corrected chi connectivity index (χ0v) is 18.5. The molecule has 0 saturated carbocycles. The molecule has 0 radical (unpaired) electrons. The Morgan fingerprint density at radius 2 is 1.90 bits per heavy atom. The number of rotatable bonds is 8. The molecule has 0 atom stereocenters. The van der Waals surface area contributed by atoms with Crippen molar-refractivity contribution >= 4 is 45.6 Å². The Kier molecular flexibility index (Phi) is 7.37. The first-order chi connectivity index (χ1) is 14.9. The third kappa shape index (κ3) is 5.47. The average molecular weight is 457 g/mol. The summed E-state index contributed by atoms with van der Waals surface area (Å²) in [6, 6.07) is 13.8. The lowest BCUT2D eigenvalue weighted by Crippen LogP contribution is -2.24. The number of carbonyl (C=O) groups excluding carboxylic acids is 2. The number of nitrogens with zero attached hydrogens (tertiary/aromatic N) is 2. The molecule has 8 nitrogen and oxygen atoms in total. The van der Waals surface area contributed by atoms with Crippen LogP contribution in [-0.4, -0.2) is 34.0 Å². The maximum Gasteiger partial charge on any atom is 0.273 e. The highest BCUT2D eigenvalue weighted by Crippen LogP contribution is 2.38. The number of hydrogen-bond acceptors (Lipinski definition) is 7. The molecular weight excluding hydrogens is 436 g/mol. The monoisotopic (exact) mass is 456 g/mol. The van der Waals surface area contributed by atoms with Crippen LogP contribution < -0.4 is 10.6 Å². The van der Waals surface area contributed by atoms with Crippen molar-refractivity contribution in [2.45, 2.75) is 18.2 Å². The van der Waals surface area contributed by atoms with Crippen LogP contribution in [0.15, 0.2) is 52.9 Å². The zero-order chi connectivity index (χ0) is 22.4. The lowest BCUT2D eigenvalue weighted by atomic mass is 10.1. The van der Waals surface area contributed by atoms with Crippen LogP contribution in [0, 0.1) is 17.0 Å². The minimum absolute atomic E-state index is 0.0956. The van der Waals surface area contributed by atoms with E-state index in [4.69, 9.17) is 0 Å². The van der Waals surface area contributed by atoms with Gasteiger partial charge in [0.2, 0.25) is 5.91 Å². The lowest BCUT2D eigenvalue weighted by Gasteiger charge is -2.08. The van der Waals surface area contributed by atoms with E-state index < -0.39 is 10.8 Å². The van der Waals surface area contributed by atoms with E-state index in [1.165, 1.54) is 35.2 Å². The van der Waals surface area contributed by atoms with E-state index in [0.717, 1.165) is 5.56 Å². The smallest absolute Gasteiger partial charge is 0.273 e. The minimum Gasteiger partial charge on any atom is -0.356 e. The molecule has 0 saturated heterocycles. The molecule has 0 unspecified atom stereocenters. The molecule has 2 N–H and O–H groups in total. The number of nitro groups is 1. The number of thioether (sulfide) groups is 1. The van der Waals surface area contributed by atoms with Gasteiger partial charge < -0.3 is 10.6 Å². The predicted molar refractivity (Wildman–Crippen MR) is 123 cm³/mol. The second-order valence-electron chi connectivity index (χ2n) is 6.43. The van der Waals surface area contributed by atoms with Gasteiger partial charge in [-0.3, -0.25) is 19.7 Å². The van der Waals surface area contributed by atoms with Crippen molar-refractivity contribution in [1.82, 2.24) is 10.3 Å². The molecular formula is C21H20N4O4S2. The summed E-state index contributed by atoms with van der Waals surface area (Å²) < 4.78 is 0.635. The topological polar surface area (TPSA) is 114 Å². The van der Waals surface area contributed by atoms with E-state index in [2.05, 4.69) is 15.6 Å². The SMILES string of the molecule is CCNC(=O)CSc1nc(-c2ccccc2)c(NC(=O)c2cccc([N+](=O)[O-])c2C)s1. The van der Waals surface area contributed by atoms with Crippen LogP contribution in [0.3, 0.4) is 0 Å². The Hall–Kier alpha value is -3.24. The van der Waals surface area contributed by atoms with Gasteiger partial charge in [-0.2, -0.15) is 0 Å². The summed E-state index contributed by atoms with van der Waals surface area (Å²) in [6.45, 7) is 3.95. The van der Waals surface area contributed by atoms with Gasteiger partial charge in [0.25, 0.3) is 11.6 Å². The average Bonchev–Trinajstić information content (AvgIpc) is 3.15. The van der Waals surface area contributed by atoms with Crippen molar-refractivity contribution in [1.29, 1.82) is 0 Å². The van der Waals surface area contributed by atoms with Crippen molar-refractivity contribution in [2.24, 2.45) is 0 Å². The number of nitro benzene ring substituents is 1. The summed E-state index contributed by atoms with van der Waals surface area (Å²) in [6.07, 6.45) is 0. The highest BCUT2D eigenvalue weighted by molar-refractivity contribution is 8.01. The fraction of sp³-hybridized carbons (Fsp3) is 0.190. The molecule has 0 bridgehead atoms. The number of thiazole rings is 1. The predicted octanol–water partition coefficient (Wildman–Crippen LogP) is 4.51. The van der Waals surface area contributed by atoms with E-state index in [-0.39, 0.29) is 22.9 Å². The Morgan fingerprint density at radius 3 is 2.58 bits per heavy atom. The van der Waals surface area contributed by atoms with Crippen molar-refractivity contribution in [3.05, 3.63) is 69.8 Å². The standard InChI is InChI=1S/C21H20N4O4S2/c1-3-22-17(26)12-30-21-23-18(14-8-5-4-6-9-14)20(31-21)24-19(27)15-10-7-11-16(13(15)2)25(28)29/h4-11H,3,12H2,1-2H3,(H,22,26)(H,24,27). The number of anilines is 1. The highest BCUT2D eigenvalue weighted by atomic mass is 32.2. The zero-order valence-electron chi connectivity index (χ0n) is 16.9. The summed E-state index contributed by atoms with van der Waals surface area (Å²) in [5.74, 6) is -0.337. The van der Waals surface area contributed by atoms with Gasteiger partial charge in [-0.25, -0.2) is 4.98 Å². The molecule has 2 aromatic carbocycles. The molecule has 3 rings (SSSR count). The van der Waals surface area contributed by atoms with Crippen LogP contribution in [0.5, 0.6) is 0 Å². The molecule has 0 fully saturated rings. The van der Waals surface area contributed by atoms with Crippen molar-refractivity contribution in [2.75, 3.05) is 17.6 Å². The van der Waals surface area contributed by atoms with E-state index in [9.17, 15) is 19.7 Å². The summed E-state index contributed by atoms with van der Waals surface area (Å²) in [5, 5.41) is 17.3. The molecule has 3 aromatic rings. The summed E-state index contributed by atoms with van der Waals surface area (Å²) in [7, 11) is 0. The second kappa shape index (κ2) is 10.2. The van der Waals surface area contributed by atoms with Gasteiger partial charge in [-0.05, 0) is 19.9 Å². The minimum atomic E-state index is -0.510. The Labute approximate surface area is 187 Å². The van der Waals surface area contributed by atoms with Gasteiger partial charge >= 0.3 is 0 Å². The quantitative estimate of drug-likeness (QED) is 0.293. The van der Waals surface area contributed by atoms with E-state index in [1.54, 1.807) is 13.0 Å². The molecule has 1 aromatic heterocycles. The van der Waals surface area contributed by atoms with E-state index in [1.807, 2.05) is 37.3 Å². The number of benzene rings is 2. The number of hydrogen-bond donors (Lipinski definition) is 2. The molecule has 0 aliphatic heterocycles. The van der Waals surface area contributed by atoms with Gasteiger partial charge in [0.1, 0.15) is 10.7 Å². The van der Waals surface area contributed by atoms with Gasteiger partial charge in [0.15, 0.2) is 4.34 Å². The highest BCUT2D eigenvalue weighted by Gasteiger charge is 2.21. The van der Waals surface area contributed by atoms with Crippen LogP contribution in [-0.2, 0) is 4.79 Å². The van der Waals surface area contributed by atoms with Gasteiger partial charge in [0, 0.05) is 29.3 Å². The fourth-order valence-corrected chi connectivity index (χ4v) is 4.74. The van der Waals surface area contributed by atoms with Crippen LogP contribution >= 0.6 is 23.1 Å². The first-order valence-electron chi connectivity index (χ1n) is 9.41. The maximum absolute atomic E-state index is 12.9. The molecule has 1 heterocycles. The molecule has 0 aliphatic rings. The first-order valence-corrected chi connectivity index (χ1v) is 11.2. The second-order valence-corrected chi connectivity index (χ2v) is 8.65. The van der Waals surface area contributed by atoms with Gasteiger partial charge in [-0.1, -0.05) is 59.5 Å². The molecule has 31 heavy (non-hydrogen) atoms. The van der Waals surface area contributed by atoms with E-state index in [0.29, 0.717) is 27.1 Å². The lowest BCUT2D eigenvalue weighted by molar-refractivity contribution is -0.385. The summed E-state index contributed by atoms with van der Waals surface area (Å²) in [5.41, 5.74) is 1.80. The molecule has 0 spiro atoms. The Balaban J connectivity index is 1.90. The van der Waals surface area contributed by atoms with Crippen LogP contribution in [0.1, 0.15) is 22.8 Å².